The fourth-order valence-electron chi connectivity index (χ4n) is 1.44. The van der Waals surface area contributed by atoms with Crippen LogP contribution < -0.4 is 5.73 Å². The molecular formula is C10H16FNO. The van der Waals surface area contributed by atoms with Crippen LogP contribution in [0.15, 0.2) is 23.0 Å². The summed E-state index contributed by atoms with van der Waals surface area (Å²) in [5.74, 6) is -0.160. The summed E-state index contributed by atoms with van der Waals surface area (Å²) in [6, 6.07) is -0.326. The molecule has 0 unspecified atom stereocenters. The second-order valence-corrected chi connectivity index (χ2v) is 3.59. The molecule has 0 amide bonds. The summed E-state index contributed by atoms with van der Waals surface area (Å²) in [7, 11) is 0. The molecule has 0 fully saturated rings. The van der Waals surface area contributed by atoms with Crippen LogP contribution in [-0.4, -0.2) is 17.8 Å². The molecule has 1 aliphatic carbocycles. The minimum atomic E-state index is -0.326. The van der Waals surface area contributed by atoms with Gasteiger partial charge in [0.2, 0.25) is 0 Å². The van der Waals surface area contributed by atoms with Gasteiger partial charge in [0.15, 0.2) is 0 Å². The smallest absolute Gasteiger partial charge is 0.122 e. The summed E-state index contributed by atoms with van der Waals surface area (Å²) in [4.78, 5) is 0. The van der Waals surface area contributed by atoms with Gasteiger partial charge in [0, 0.05) is 6.04 Å². The zero-order chi connectivity index (χ0) is 9.84. The van der Waals surface area contributed by atoms with Crippen LogP contribution in [0.25, 0.3) is 0 Å². The summed E-state index contributed by atoms with van der Waals surface area (Å²) >= 11 is 0. The SMILES string of the molecule is CC1=CC(F)=C(C[C@H](N)CO)CC1. The molecule has 3 heteroatoms. The molecule has 1 rings (SSSR count). The van der Waals surface area contributed by atoms with Gasteiger partial charge in [0.05, 0.1) is 6.61 Å². The van der Waals surface area contributed by atoms with Crippen LogP contribution in [0.2, 0.25) is 0 Å². The zero-order valence-corrected chi connectivity index (χ0v) is 7.89. The highest BCUT2D eigenvalue weighted by atomic mass is 19.1. The number of halogens is 1. The molecule has 0 aromatic carbocycles. The Balaban J connectivity index is 2.63. The molecule has 0 saturated carbocycles. The predicted octanol–water partition coefficient (Wildman–Crippen LogP) is 1.66. The molecule has 0 radical (unpaired) electrons. The van der Waals surface area contributed by atoms with Crippen LogP contribution in [0.5, 0.6) is 0 Å². The van der Waals surface area contributed by atoms with Crippen LogP contribution in [0.3, 0.4) is 0 Å². The van der Waals surface area contributed by atoms with E-state index in [9.17, 15) is 4.39 Å². The molecule has 1 atom stereocenters. The summed E-state index contributed by atoms with van der Waals surface area (Å²) < 4.78 is 13.3. The highest BCUT2D eigenvalue weighted by molar-refractivity contribution is 5.28. The maximum absolute atomic E-state index is 13.3. The van der Waals surface area contributed by atoms with Crippen molar-refractivity contribution in [2.75, 3.05) is 6.61 Å². The lowest BCUT2D eigenvalue weighted by atomic mass is 9.94. The van der Waals surface area contributed by atoms with Gasteiger partial charge in [0.1, 0.15) is 5.83 Å². The maximum atomic E-state index is 13.3. The standard InChI is InChI=1S/C10H16FNO/c1-7-2-3-8(10(11)4-7)5-9(12)6-13/h4,9,13H,2-3,5-6,12H2,1H3/t9-/m0/s1. The normalized spacial score (nSPS) is 20.2. The molecule has 1 aliphatic rings. The molecular weight excluding hydrogens is 169 g/mol. The summed E-state index contributed by atoms with van der Waals surface area (Å²) in [6.07, 6.45) is 3.66. The van der Waals surface area contributed by atoms with E-state index in [2.05, 4.69) is 0 Å². The molecule has 13 heavy (non-hydrogen) atoms. The lowest BCUT2D eigenvalue weighted by molar-refractivity contribution is 0.264. The van der Waals surface area contributed by atoms with Crippen molar-refractivity contribution in [3.8, 4) is 0 Å². The Morgan fingerprint density at radius 1 is 1.62 bits per heavy atom. The van der Waals surface area contributed by atoms with Crippen LogP contribution in [0.4, 0.5) is 4.39 Å². The van der Waals surface area contributed by atoms with E-state index in [0.29, 0.717) is 6.42 Å². The van der Waals surface area contributed by atoms with Crippen molar-refractivity contribution < 1.29 is 9.50 Å². The van der Waals surface area contributed by atoms with E-state index in [1.807, 2.05) is 6.92 Å². The van der Waals surface area contributed by atoms with Gasteiger partial charge in [-0.2, -0.15) is 0 Å². The molecule has 74 valence electrons. The van der Waals surface area contributed by atoms with Gasteiger partial charge in [0.25, 0.3) is 0 Å². The number of aliphatic hydroxyl groups is 1. The van der Waals surface area contributed by atoms with Crippen molar-refractivity contribution in [3.05, 3.63) is 23.0 Å². The van der Waals surface area contributed by atoms with Gasteiger partial charge in [-0.3, -0.25) is 0 Å². The molecule has 0 aromatic rings. The van der Waals surface area contributed by atoms with Crippen molar-refractivity contribution >= 4 is 0 Å². The first-order chi connectivity index (χ1) is 6.13. The minimum absolute atomic E-state index is 0.0839. The Labute approximate surface area is 77.9 Å². The monoisotopic (exact) mass is 185 g/mol. The van der Waals surface area contributed by atoms with E-state index in [4.69, 9.17) is 10.8 Å². The quantitative estimate of drug-likeness (QED) is 0.702. The summed E-state index contributed by atoms with van der Waals surface area (Å²) in [5.41, 5.74) is 7.34. The fourth-order valence-corrected chi connectivity index (χ4v) is 1.44. The maximum Gasteiger partial charge on any atom is 0.122 e. The van der Waals surface area contributed by atoms with Crippen molar-refractivity contribution in [1.82, 2.24) is 0 Å². The van der Waals surface area contributed by atoms with E-state index < -0.39 is 0 Å². The van der Waals surface area contributed by atoms with Crippen molar-refractivity contribution in [2.24, 2.45) is 5.73 Å². The molecule has 3 N–H and O–H groups in total. The summed E-state index contributed by atoms with van der Waals surface area (Å²) in [5, 5.41) is 8.72. The average molecular weight is 185 g/mol. The molecule has 0 bridgehead atoms. The molecule has 2 nitrogen and oxygen atoms in total. The molecule has 0 aromatic heterocycles. The van der Waals surface area contributed by atoms with Gasteiger partial charge in [-0.1, -0.05) is 5.57 Å². The van der Waals surface area contributed by atoms with Crippen LogP contribution >= 0.6 is 0 Å². The second kappa shape index (κ2) is 4.53. The number of allylic oxidation sites excluding steroid dienone is 3. The molecule has 0 saturated heterocycles. The number of aliphatic hydroxyl groups excluding tert-OH is 1. The van der Waals surface area contributed by atoms with Gasteiger partial charge in [-0.05, 0) is 37.8 Å². The Bertz CT molecular complexity index is 245. The average Bonchev–Trinajstić information content (AvgIpc) is 2.09. The molecule has 0 aliphatic heterocycles. The molecule has 0 spiro atoms. The first kappa shape index (κ1) is 10.4. The highest BCUT2D eigenvalue weighted by Crippen LogP contribution is 2.27. The molecule has 0 heterocycles. The minimum Gasteiger partial charge on any atom is -0.395 e. The van der Waals surface area contributed by atoms with Crippen LogP contribution in [0, 0.1) is 0 Å². The Morgan fingerprint density at radius 2 is 2.31 bits per heavy atom. The van der Waals surface area contributed by atoms with Crippen LogP contribution in [-0.2, 0) is 0 Å². The van der Waals surface area contributed by atoms with Gasteiger partial charge >= 0.3 is 0 Å². The number of rotatable bonds is 3. The number of hydrogen-bond donors (Lipinski definition) is 2. The largest absolute Gasteiger partial charge is 0.395 e. The van der Waals surface area contributed by atoms with E-state index in [1.165, 1.54) is 0 Å². The van der Waals surface area contributed by atoms with Gasteiger partial charge in [-0.25, -0.2) is 4.39 Å². The van der Waals surface area contributed by atoms with E-state index in [-0.39, 0.29) is 18.5 Å². The lowest BCUT2D eigenvalue weighted by Crippen LogP contribution is -2.25. The first-order valence-electron chi connectivity index (χ1n) is 4.54. The third-order valence-corrected chi connectivity index (χ3v) is 2.28. The third-order valence-electron chi connectivity index (χ3n) is 2.28. The topological polar surface area (TPSA) is 46.2 Å². The van der Waals surface area contributed by atoms with Crippen molar-refractivity contribution in [3.63, 3.8) is 0 Å². The van der Waals surface area contributed by atoms with E-state index in [1.54, 1.807) is 6.08 Å². The Kier molecular flexibility index (Phi) is 3.63. The van der Waals surface area contributed by atoms with Crippen LogP contribution in [0.1, 0.15) is 26.2 Å². The number of hydrogen-bond acceptors (Lipinski definition) is 2. The van der Waals surface area contributed by atoms with Gasteiger partial charge < -0.3 is 10.8 Å². The van der Waals surface area contributed by atoms with E-state index >= 15 is 0 Å². The van der Waals surface area contributed by atoms with E-state index in [0.717, 1.165) is 24.0 Å². The van der Waals surface area contributed by atoms with Crippen molar-refractivity contribution in [2.45, 2.75) is 32.2 Å². The first-order valence-corrected chi connectivity index (χ1v) is 4.54. The zero-order valence-electron chi connectivity index (χ0n) is 7.89. The predicted molar refractivity (Wildman–Crippen MR) is 50.8 cm³/mol. The van der Waals surface area contributed by atoms with Crippen molar-refractivity contribution in [1.29, 1.82) is 0 Å². The summed E-state index contributed by atoms with van der Waals surface area (Å²) in [6.45, 7) is 1.84. The fraction of sp³-hybridized carbons (Fsp3) is 0.600. The number of nitrogens with two attached hydrogens (primary N) is 1. The van der Waals surface area contributed by atoms with Gasteiger partial charge in [-0.15, -0.1) is 0 Å². The Hall–Kier alpha value is -0.670. The highest BCUT2D eigenvalue weighted by Gasteiger charge is 2.13. The second-order valence-electron chi connectivity index (χ2n) is 3.59. The Morgan fingerprint density at radius 3 is 2.85 bits per heavy atom. The third kappa shape index (κ3) is 2.94. The lowest BCUT2D eigenvalue weighted by Gasteiger charge is -2.16.